The van der Waals surface area contributed by atoms with Crippen molar-refractivity contribution in [2.24, 2.45) is 5.73 Å². The highest BCUT2D eigenvalue weighted by atomic mass is 79.9. The second-order valence-electron chi connectivity index (χ2n) is 7.21. The van der Waals surface area contributed by atoms with E-state index in [4.69, 9.17) is 21.0 Å². The molecule has 3 aromatic rings. The summed E-state index contributed by atoms with van der Waals surface area (Å²) in [5, 5.41) is 20.1. The first kappa shape index (κ1) is 26.3. The van der Waals surface area contributed by atoms with Crippen molar-refractivity contribution in [3.63, 3.8) is 0 Å². The van der Waals surface area contributed by atoms with Crippen molar-refractivity contribution in [2.45, 2.75) is 18.9 Å². The molecule has 0 saturated carbocycles. The molecule has 1 unspecified atom stereocenters. The van der Waals surface area contributed by atoms with E-state index in [-0.39, 0.29) is 24.3 Å². The third-order valence-electron chi connectivity index (χ3n) is 4.85. The van der Waals surface area contributed by atoms with Crippen LogP contribution in [-0.4, -0.2) is 29.2 Å². The Morgan fingerprint density at radius 1 is 0.941 bits per heavy atom. The number of nitrogen functional groups attached to an aromatic ring is 1. The van der Waals surface area contributed by atoms with Gasteiger partial charge in [-0.1, -0.05) is 58.4 Å². The van der Waals surface area contributed by atoms with Crippen LogP contribution in [-0.2, 0) is 14.4 Å². The number of hydrogen-bond donors (Lipinski definition) is 5. The molecular weight excluding hydrogens is 500 g/mol. The number of nitrogens with one attached hydrogen (secondary N) is 3. The van der Waals surface area contributed by atoms with E-state index in [9.17, 15) is 9.59 Å². The summed E-state index contributed by atoms with van der Waals surface area (Å²) < 4.78 is 0.951. The van der Waals surface area contributed by atoms with Gasteiger partial charge < -0.3 is 21.5 Å². The minimum Gasteiger partial charge on any atom is -0.483 e. The van der Waals surface area contributed by atoms with Gasteiger partial charge in [-0.15, -0.1) is 0 Å². The third-order valence-corrected chi connectivity index (χ3v) is 5.38. The van der Waals surface area contributed by atoms with E-state index < -0.39 is 11.8 Å². The van der Waals surface area contributed by atoms with Crippen molar-refractivity contribution in [1.29, 1.82) is 5.41 Å². The van der Waals surface area contributed by atoms with Gasteiger partial charge in [0.15, 0.2) is 0 Å². The van der Waals surface area contributed by atoms with Gasteiger partial charge >= 0.3 is 0 Å². The summed E-state index contributed by atoms with van der Waals surface area (Å²) in [5.41, 5.74) is 8.08. The number of amidine groups is 1. The summed E-state index contributed by atoms with van der Waals surface area (Å²) in [6, 6.07) is 22.9. The first-order valence-electron chi connectivity index (χ1n) is 10.2. The fourth-order valence-corrected chi connectivity index (χ4v) is 3.41. The summed E-state index contributed by atoms with van der Waals surface area (Å²) in [4.78, 5) is 34.6. The van der Waals surface area contributed by atoms with Gasteiger partial charge in [0.1, 0.15) is 11.8 Å². The van der Waals surface area contributed by atoms with Crippen LogP contribution in [0.3, 0.4) is 0 Å². The molecule has 0 aliphatic carbocycles. The molecule has 6 N–H and O–H groups in total. The van der Waals surface area contributed by atoms with Gasteiger partial charge in [0, 0.05) is 15.7 Å². The summed E-state index contributed by atoms with van der Waals surface area (Å²) in [5.74, 6) is -1.91. The summed E-state index contributed by atoms with van der Waals surface area (Å²) in [6.45, 7) is 1.63. The molecule has 34 heavy (non-hydrogen) atoms. The van der Waals surface area contributed by atoms with Gasteiger partial charge in [0.25, 0.3) is 6.47 Å². The third kappa shape index (κ3) is 7.56. The normalized spacial score (nSPS) is 11.7. The number of amides is 2. The lowest BCUT2D eigenvalue weighted by Gasteiger charge is -2.21. The van der Waals surface area contributed by atoms with Crippen molar-refractivity contribution >= 4 is 45.7 Å². The molecule has 0 bridgehead atoms. The topological polar surface area (TPSA) is 145 Å². The lowest BCUT2D eigenvalue weighted by molar-refractivity contribution is -0.129. The maximum absolute atomic E-state index is 13.1. The number of nitrogens with two attached hydrogens (primary N) is 1. The molecule has 0 spiro atoms. The monoisotopic (exact) mass is 524 g/mol. The summed E-state index contributed by atoms with van der Waals surface area (Å²) in [7, 11) is 0. The molecule has 0 saturated heterocycles. The van der Waals surface area contributed by atoms with E-state index in [1.54, 1.807) is 48.5 Å². The SMILES string of the molecule is C[C@@H](NC(=O)C(C(=O)Nc1ccc(C(=N)N)cc1)c1ccccc1)c1ccc(Br)cc1.O=CO. The van der Waals surface area contributed by atoms with Gasteiger partial charge in [-0.2, -0.15) is 0 Å². The predicted molar refractivity (Wildman–Crippen MR) is 135 cm³/mol. The molecule has 176 valence electrons. The Morgan fingerprint density at radius 3 is 2.03 bits per heavy atom. The van der Waals surface area contributed by atoms with Crippen LogP contribution in [0.1, 0.15) is 35.6 Å². The zero-order valence-corrected chi connectivity index (χ0v) is 20.0. The molecule has 0 aliphatic heterocycles. The Labute approximate surface area is 205 Å². The van der Waals surface area contributed by atoms with Gasteiger partial charge in [0.05, 0.1) is 6.04 Å². The van der Waals surface area contributed by atoms with E-state index in [1.165, 1.54) is 0 Å². The maximum Gasteiger partial charge on any atom is 0.290 e. The second kappa shape index (κ2) is 12.9. The molecule has 3 aromatic carbocycles. The van der Waals surface area contributed by atoms with E-state index in [2.05, 4.69) is 26.6 Å². The van der Waals surface area contributed by atoms with Crippen LogP contribution < -0.4 is 16.4 Å². The standard InChI is InChI=1S/C24H23BrN4O2.CH2O2/c1-15(16-7-11-19(25)12-8-16)28-23(30)21(17-5-3-2-4-6-17)24(31)29-20-13-9-18(10-14-20)22(26)27;2-1-3/h2-15,21H,1H3,(H3,26,27)(H,28,30)(H,29,31);1H,(H,2,3)/t15-,21?;/m1./s1. The fraction of sp³-hybridized carbons (Fsp3) is 0.120. The average Bonchev–Trinajstić information content (AvgIpc) is 2.81. The van der Waals surface area contributed by atoms with Crippen molar-refractivity contribution in [3.05, 3.63) is 100 Å². The van der Waals surface area contributed by atoms with Gasteiger partial charge in [-0.3, -0.25) is 19.8 Å². The Kier molecular flexibility index (Phi) is 9.97. The number of anilines is 1. The Hall–Kier alpha value is -3.98. The molecule has 0 radical (unpaired) electrons. The van der Waals surface area contributed by atoms with Crippen LogP contribution in [0.4, 0.5) is 5.69 Å². The molecule has 0 heterocycles. The number of rotatable bonds is 7. The van der Waals surface area contributed by atoms with E-state index in [1.807, 2.05) is 37.3 Å². The van der Waals surface area contributed by atoms with Crippen LogP contribution in [0.25, 0.3) is 0 Å². The molecule has 9 heteroatoms. The van der Waals surface area contributed by atoms with Crippen molar-refractivity contribution in [3.8, 4) is 0 Å². The van der Waals surface area contributed by atoms with Crippen LogP contribution in [0.2, 0.25) is 0 Å². The number of carbonyl (C=O) groups excluding carboxylic acids is 2. The van der Waals surface area contributed by atoms with Crippen molar-refractivity contribution in [1.82, 2.24) is 5.32 Å². The summed E-state index contributed by atoms with van der Waals surface area (Å²) in [6.07, 6.45) is 0. The largest absolute Gasteiger partial charge is 0.483 e. The minimum absolute atomic E-state index is 0.0543. The maximum atomic E-state index is 13.1. The zero-order valence-electron chi connectivity index (χ0n) is 18.4. The molecule has 0 aromatic heterocycles. The summed E-state index contributed by atoms with van der Waals surface area (Å²) >= 11 is 3.40. The number of carbonyl (C=O) groups is 3. The number of hydrogen-bond acceptors (Lipinski definition) is 4. The predicted octanol–water partition coefficient (Wildman–Crippen LogP) is 4.03. The average molecular weight is 525 g/mol. The van der Waals surface area contributed by atoms with Gasteiger partial charge in [-0.25, -0.2) is 0 Å². The van der Waals surface area contributed by atoms with E-state index in [0.717, 1.165) is 10.0 Å². The van der Waals surface area contributed by atoms with Crippen molar-refractivity contribution < 1.29 is 19.5 Å². The minimum atomic E-state index is -1.02. The Balaban J connectivity index is 0.00000129. The Morgan fingerprint density at radius 2 is 1.50 bits per heavy atom. The lowest BCUT2D eigenvalue weighted by Crippen LogP contribution is -2.37. The van der Waals surface area contributed by atoms with Crippen LogP contribution in [0, 0.1) is 5.41 Å². The molecule has 0 aliphatic rings. The second-order valence-corrected chi connectivity index (χ2v) is 8.13. The molecule has 2 amide bonds. The number of carboxylic acid groups (broad SMARTS) is 1. The van der Waals surface area contributed by atoms with E-state index >= 15 is 0 Å². The molecule has 2 atom stereocenters. The fourth-order valence-electron chi connectivity index (χ4n) is 3.15. The Bertz CT molecular complexity index is 1120. The van der Waals surface area contributed by atoms with Crippen LogP contribution >= 0.6 is 15.9 Å². The number of benzene rings is 3. The quantitative estimate of drug-likeness (QED) is 0.137. The highest BCUT2D eigenvalue weighted by molar-refractivity contribution is 9.10. The van der Waals surface area contributed by atoms with Crippen LogP contribution in [0.15, 0.2) is 83.3 Å². The molecule has 0 fully saturated rings. The van der Waals surface area contributed by atoms with Gasteiger partial charge in [0.2, 0.25) is 11.8 Å². The molecule has 8 nitrogen and oxygen atoms in total. The first-order chi connectivity index (χ1) is 16.3. The smallest absolute Gasteiger partial charge is 0.290 e. The van der Waals surface area contributed by atoms with Gasteiger partial charge in [-0.05, 0) is 54.4 Å². The lowest BCUT2D eigenvalue weighted by atomic mass is 9.96. The molecular formula is C25H25BrN4O4. The van der Waals surface area contributed by atoms with Crippen LogP contribution in [0.5, 0.6) is 0 Å². The first-order valence-corrected chi connectivity index (χ1v) is 11.0. The van der Waals surface area contributed by atoms with Crippen molar-refractivity contribution in [2.75, 3.05) is 5.32 Å². The highest BCUT2D eigenvalue weighted by Crippen LogP contribution is 2.22. The van der Waals surface area contributed by atoms with E-state index in [0.29, 0.717) is 16.8 Å². The molecule has 3 rings (SSSR count). The zero-order chi connectivity index (χ0) is 25.1. The highest BCUT2D eigenvalue weighted by Gasteiger charge is 2.29. The number of halogens is 1.